The predicted octanol–water partition coefficient (Wildman–Crippen LogP) is 3.93. The number of ether oxygens (including phenoxy) is 1. The standard InChI is InChI=1S/C17H24BrFN2O2/c1-17(2,3)23-16(22)21-7-6-12(11-21)9-20-10-13-8-14(18)4-5-15(13)19/h4-5,8,12,20H,6-7,9-11H2,1-3H3. The van der Waals surface area contributed by atoms with Gasteiger partial charge in [-0.15, -0.1) is 0 Å². The van der Waals surface area contributed by atoms with E-state index in [1.165, 1.54) is 6.07 Å². The van der Waals surface area contributed by atoms with Crippen molar-refractivity contribution in [1.29, 1.82) is 0 Å². The molecule has 1 fully saturated rings. The largest absolute Gasteiger partial charge is 0.444 e. The van der Waals surface area contributed by atoms with E-state index in [4.69, 9.17) is 4.74 Å². The normalized spacial score (nSPS) is 18.3. The molecule has 1 aromatic rings. The Morgan fingerprint density at radius 3 is 2.91 bits per heavy atom. The fourth-order valence-electron chi connectivity index (χ4n) is 2.58. The molecule has 23 heavy (non-hydrogen) atoms. The number of likely N-dealkylation sites (tertiary alicyclic amines) is 1. The highest BCUT2D eigenvalue weighted by molar-refractivity contribution is 9.10. The van der Waals surface area contributed by atoms with Crippen LogP contribution in [0.15, 0.2) is 22.7 Å². The van der Waals surface area contributed by atoms with E-state index in [1.54, 1.807) is 17.0 Å². The van der Waals surface area contributed by atoms with Gasteiger partial charge in [-0.3, -0.25) is 0 Å². The molecule has 128 valence electrons. The van der Waals surface area contributed by atoms with Gasteiger partial charge in [0.1, 0.15) is 11.4 Å². The summed E-state index contributed by atoms with van der Waals surface area (Å²) in [7, 11) is 0. The molecule has 6 heteroatoms. The molecule has 1 unspecified atom stereocenters. The van der Waals surface area contributed by atoms with Crippen LogP contribution in [-0.2, 0) is 11.3 Å². The molecule has 1 aromatic carbocycles. The lowest BCUT2D eigenvalue weighted by atomic mass is 10.1. The van der Waals surface area contributed by atoms with E-state index in [-0.39, 0.29) is 11.9 Å². The van der Waals surface area contributed by atoms with Gasteiger partial charge in [0, 0.05) is 36.2 Å². The first kappa shape index (κ1) is 18.2. The Hall–Kier alpha value is -1.14. The monoisotopic (exact) mass is 386 g/mol. The second-order valence-corrected chi connectivity index (χ2v) is 7.86. The summed E-state index contributed by atoms with van der Waals surface area (Å²) in [5.74, 6) is 0.167. The molecule has 1 heterocycles. The molecule has 0 aliphatic carbocycles. The van der Waals surface area contributed by atoms with Crippen LogP contribution in [0.5, 0.6) is 0 Å². The molecular weight excluding hydrogens is 363 g/mol. The smallest absolute Gasteiger partial charge is 0.410 e. The van der Waals surface area contributed by atoms with Gasteiger partial charge in [-0.1, -0.05) is 15.9 Å². The van der Waals surface area contributed by atoms with E-state index < -0.39 is 5.60 Å². The van der Waals surface area contributed by atoms with Gasteiger partial charge in [0.05, 0.1) is 0 Å². The third kappa shape index (κ3) is 5.77. The zero-order valence-corrected chi connectivity index (χ0v) is 15.5. The van der Waals surface area contributed by atoms with Crippen molar-refractivity contribution in [2.75, 3.05) is 19.6 Å². The lowest BCUT2D eigenvalue weighted by Gasteiger charge is -2.24. The van der Waals surface area contributed by atoms with Gasteiger partial charge in [-0.2, -0.15) is 0 Å². The van der Waals surface area contributed by atoms with E-state index in [9.17, 15) is 9.18 Å². The van der Waals surface area contributed by atoms with E-state index >= 15 is 0 Å². The molecule has 2 rings (SSSR count). The van der Waals surface area contributed by atoms with Crippen molar-refractivity contribution in [3.63, 3.8) is 0 Å². The van der Waals surface area contributed by atoms with E-state index in [0.717, 1.165) is 17.4 Å². The third-order valence-electron chi connectivity index (χ3n) is 3.69. The molecule has 1 atom stereocenters. The number of hydrogen-bond acceptors (Lipinski definition) is 3. The van der Waals surface area contributed by atoms with Gasteiger partial charge in [0.2, 0.25) is 0 Å². The first-order chi connectivity index (χ1) is 10.7. The van der Waals surface area contributed by atoms with Crippen molar-refractivity contribution in [3.05, 3.63) is 34.1 Å². The Morgan fingerprint density at radius 2 is 2.22 bits per heavy atom. The van der Waals surface area contributed by atoms with E-state index in [1.807, 2.05) is 20.8 Å². The second-order valence-electron chi connectivity index (χ2n) is 6.95. The number of nitrogens with zero attached hydrogens (tertiary/aromatic N) is 1. The maximum Gasteiger partial charge on any atom is 0.410 e. The summed E-state index contributed by atoms with van der Waals surface area (Å²) in [6, 6.07) is 4.93. The summed E-state index contributed by atoms with van der Waals surface area (Å²) in [5.41, 5.74) is 0.174. The number of benzene rings is 1. The van der Waals surface area contributed by atoms with Crippen molar-refractivity contribution < 1.29 is 13.9 Å². The number of halogens is 2. The average molecular weight is 387 g/mol. The van der Waals surface area contributed by atoms with Crippen LogP contribution in [0.4, 0.5) is 9.18 Å². The number of carbonyl (C=O) groups excluding carboxylic acids is 1. The minimum absolute atomic E-state index is 0.206. The maximum atomic E-state index is 13.7. The summed E-state index contributed by atoms with van der Waals surface area (Å²) < 4.78 is 19.9. The van der Waals surface area contributed by atoms with Gasteiger partial charge < -0.3 is 15.0 Å². The fraction of sp³-hybridized carbons (Fsp3) is 0.588. The lowest BCUT2D eigenvalue weighted by molar-refractivity contribution is 0.0288. The molecule has 1 N–H and O–H groups in total. The van der Waals surface area contributed by atoms with Crippen LogP contribution in [0.1, 0.15) is 32.8 Å². The van der Waals surface area contributed by atoms with Gasteiger partial charge >= 0.3 is 6.09 Å². The van der Waals surface area contributed by atoms with Crippen LogP contribution in [0.3, 0.4) is 0 Å². The zero-order chi connectivity index (χ0) is 17.0. The number of hydrogen-bond donors (Lipinski definition) is 1. The van der Waals surface area contributed by atoms with Crippen LogP contribution in [-0.4, -0.2) is 36.2 Å². The number of nitrogens with one attached hydrogen (secondary N) is 1. The number of amides is 1. The van der Waals surface area contributed by atoms with Crippen LogP contribution < -0.4 is 5.32 Å². The molecule has 0 bridgehead atoms. The highest BCUT2D eigenvalue weighted by Gasteiger charge is 2.29. The average Bonchev–Trinajstić information content (AvgIpc) is 2.90. The van der Waals surface area contributed by atoms with Gasteiger partial charge in [-0.25, -0.2) is 9.18 Å². The predicted molar refractivity (Wildman–Crippen MR) is 91.7 cm³/mol. The highest BCUT2D eigenvalue weighted by atomic mass is 79.9. The Labute approximate surface area is 145 Å². The molecule has 0 radical (unpaired) electrons. The molecule has 1 aliphatic heterocycles. The number of carbonyl (C=O) groups is 1. The molecule has 4 nitrogen and oxygen atoms in total. The quantitative estimate of drug-likeness (QED) is 0.851. The molecule has 0 saturated carbocycles. The molecule has 1 amide bonds. The van der Waals surface area contributed by atoms with Gasteiger partial charge in [-0.05, 0) is 51.3 Å². The van der Waals surface area contributed by atoms with Crippen molar-refractivity contribution >= 4 is 22.0 Å². The zero-order valence-electron chi connectivity index (χ0n) is 13.9. The minimum atomic E-state index is -0.467. The molecule has 1 saturated heterocycles. The Kier molecular flexibility index (Phi) is 6.03. The Morgan fingerprint density at radius 1 is 1.48 bits per heavy atom. The van der Waals surface area contributed by atoms with Gasteiger partial charge in [0.25, 0.3) is 0 Å². The molecule has 0 aromatic heterocycles. The SMILES string of the molecule is CC(C)(C)OC(=O)N1CCC(CNCc2cc(Br)ccc2F)C1. The van der Waals surface area contributed by atoms with Crippen LogP contribution in [0.25, 0.3) is 0 Å². The summed E-state index contributed by atoms with van der Waals surface area (Å²) in [6.07, 6.45) is 0.686. The minimum Gasteiger partial charge on any atom is -0.444 e. The third-order valence-corrected chi connectivity index (χ3v) is 4.19. The van der Waals surface area contributed by atoms with Crippen molar-refractivity contribution in [3.8, 4) is 0 Å². The van der Waals surface area contributed by atoms with E-state index in [2.05, 4.69) is 21.2 Å². The Balaban J connectivity index is 1.76. The highest BCUT2D eigenvalue weighted by Crippen LogP contribution is 2.20. The maximum absolute atomic E-state index is 13.7. The molecular formula is C17H24BrFN2O2. The molecule has 1 aliphatic rings. The van der Waals surface area contributed by atoms with Crippen molar-refractivity contribution in [2.45, 2.75) is 39.3 Å². The van der Waals surface area contributed by atoms with Crippen molar-refractivity contribution in [1.82, 2.24) is 10.2 Å². The summed E-state index contributed by atoms with van der Waals surface area (Å²) in [5, 5.41) is 3.28. The topological polar surface area (TPSA) is 41.6 Å². The fourth-order valence-corrected chi connectivity index (χ4v) is 2.99. The summed E-state index contributed by atoms with van der Waals surface area (Å²) in [4.78, 5) is 13.8. The van der Waals surface area contributed by atoms with Gasteiger partial charge in [0.15, 0.2) is 0 Å². The van der Waals surface area contributed by atoms with Crippen molar-refractivity contribution in [2.24, 2.45) is 5.92 Å². The molecule has 0 spiro atoms. The summed E-state index contributed by atoms with van der Waals surface area (Å²) in [6.45, 7) is 8.24. The first-order valence-electron chi connectivity index (χ1n) is 7.87. The van der Waals surface area contributed by atoms with Crippen LogP contribution in [0.2, 0.25) is 0 Å². The number of rotatable bonds is 4. The van der Waals surface area contributed by atoms with Crippen LogP contribution in [0, 0.1) is 11.7 Å². The lowest BCUT2D eigenvalue weighted by Crippen LogP contribution is -2.36. The first-order valence-corrected chi connectivity index (χ1v) is 8.66. The second kappa shape index (κ2) is 7.62. The Bertz CT molecular complexity index is 560. The van der Waals surface area contributed by atoms with Crippen LogP contribution >= 0.6 is 15.9 Å². The summed E-state index contributed by atoms with van der Waals surface area (Å²) >= 11 is 3.35. The van der Waals surface area contributed by atoms with E-state index in [0.29, 0.717) is 31.1 Å².